The third-order valence-electron chi connectivity index (χ3n) is 1.70. The summed E-state index contributed by atoms with van der Waals surface area (Å²) in [6, 6.07) is 7.36. The molecule has 0 fully saturated rings. The van der Waals surface area contributed by atoms with E-state index in [9.17, 15) is 0 Å². The lowest BCUT2D eigenvalue weighted by Crippen LogP contribution is -2.16. The van der Waals surface area contributed by atoms with Crippen LogP contribution in [-0.4, -0.2) is 32.1 Å². The molecule has 0 amide bonds. The molecular formula is C13H27N3S. The molecule has 0 aliphatic rings. The quantitative estimate of drug-likeness (QED) is 0.576. The second-order valence-corrected chi connectivity index (χ2v) is 4.05. The van der Waals surface area contributed by atoms with Gasteiger partial charge in [0.05, 0.1) is 0 Å². The number of thiol groups is 1. The highest BCUT2D eigenvalue weighted by Gasteiger charge is 1.84. The molecule has 100 valence electrons. The minimum absolute atomic E-state index is 0.780. The molecule has 1 aromatic rings. The number of benzene rings is 1. The van der Waals surface area contributed by atoms with Crippen molar-refractivity contribution in [3.05, 3.63) is 24.3 Å². The van der Waals surface area contributed by atoms with Crippen molar-refractivity contribution in [2.75, 3.05) is 32.9 Å². The maximum atomic E-state index is 5.39. The molecule has 0 atom stereocenters. The SMILES string of the molecule is CC.CN(C)CCCN.Nc1ccc(S)cc1. The van der Waals surface area contributed by atoms with E-state index in [1.54, 1.807) is 0 Å². The summed E-state index contributed by atoms with van der Waals surface area (Å²) in [5.41, 5.74) is 11.4. The molecule has 1 rings (SSSR count). The molecule has 0 unspecified atom stereocenters. The first-order valence-corrected chi connectivity index (χ1v) is 6.40. The van der Waals surface area contributed by atoms with E-state index in [2.05, 4.69) is 31.6 Å². The second kappa shape index (κ2) is 13.4. The Morgan fingerprint density at radius 3 is 1.82 bits per heavy atom. The molecule has 0 saturated carbocycles. The number of anilines is 1. The van der Waals surface area contributed by atoms with E-state index in [0.29, 0.717) is 0 Å². The van der Waals surface area contributed by atoms with E-state index in [0.717, 1.165) is 30.1 Å². The van der Waals surface area contributed by atoms with Gasteiger partial charge < -0.3 is 16.4 Å². The summed E-state index contributed by atoms with van der Waals surface area (Å²) in [5, 5.41) is 0. The zero-order chi connectivity index (χ0) is 13.7. The molecule has 0 aliphatic heterocycles. The summed E-state index contributed by atoms with van der Waals surface area (Å²) >= 11 is 4.08. The highest BCUT2D eigenvalue weighted by molar-refractivity contribution is 7.80. The summed E-state index contributed by atoms with van der Waals surface area (Å²) in [5.74, 6) is 0. The predicted octanol–water partition coefficient (Wildman–Crippen LogP) is 2.48. The van der Waals surface area contributed by atoms with Crippen molar-refractivity contribution < 1.29 is 0 Å². The molecule has 4 N–H and O–H groups in total. The Morgan fingerprint density at radius 1 is 1.12 bits per heavy atom. The number of hydrogen-bond acceptors (Lipinski definition) is 4. The van der Waals surface area contributed by atoms with Crippen LogP contribution in [0.1, 0.15) is 20.3 Å². The van der Waals surface area contributed by atoms with Crippen LogP contribution in [0, 0.1) is 0 Å². The second-order valence-electron chi connectivity index (χ2n) is 3.54. The fraction of sp³-hybridized carbons (Fsp3) is 0.538. The zero-order valence-electron chi connectivity index (χ0n) is 11.5. The van der Waals surface area contributed by atoms with E-state index < -0.39 is 0 Å². The van der Waals surface area contributed by atoms with Crippen LogP contribution in [0.5, 0.6) is 0 Å². The fourth-order valence-corrected chi connectivity index (χ4v) is 1.03. The van der Waals surface area contributed by atoms with Crippen molar-refractivity contribution in [1.29, 1.82) is 0 Å². The molecule has 0 radical (unpaired) electrons. The number of hydrogen-bond donors (Lipinski definition) is 3. The predicted molar refractivity (Wildman–Crippen MR) is 81.7 cm³/mol. The number of nitrogens with zero attached hydrogens (tertiary/aromatic N) is 1. The molecule has 1 aromatic carbocycles. The van der Waals surface area contributed by atoms with E-state index in [4.69, 9.17) is 11.5 Å². The van der Waals surface area contributed by atoms with Crippen molar-refractivity contribution in [2.24, 2.45) is 5.73 Å². The molecule has 0 aliphatic carbocycles. The van der Waals surface area contributed by atoms with Crippen molar-refractivity contribution in [3.63, 3.8) is 0 Å². The van der Waals surface area contributed by atoms with Crippen LogP contribution in [0.15, 0.2) is 29.2 Å². The lowest BCUT2D eigenvalue weighted by molar-refractivity contribution is 0.403. The topological polar surface area (TPSA) is 55.3 Å². The molecule has 0 heterocycles. The van der Waals surface area contributed by atoms with Gasteiger partial charge >= 0.3 is 0 Å². The summed E-state index contributed by atoms with van der Waals surface area (Å²) < 4.78 is 0. The molecule has 3 nitrogen and oxygen atoms in total. The Morgan fingerprint density at radius 2 is 1.59 bits per heavy atom. The van der Waals surface area contributed by atoms with Gasteiger partial charge in [-0.2, -0.15) is 0 Å². The fourth-order valence-electron chi connectivity index (χ4n) is 0.882. The van der Waals surface area contributed by atoms with Crippen LogP contribution < -0.4 is 11.5 Å². The molecule has 0 aromatic heterocycles. The van der Waals surface area contributed by atoms with Gasteiger partial charge in [-0.25, -0.2) is 0 Å². The maximum Gasteiger partial charge on any atom is 0.0314 e. The van der Waals surface area contributed by atoms with Crippen LogP contribution in [0.2, 0.25) is 0 Å². The third-order valence-corrected chi connectivity index (χ3v) is 2.00. The van der Waals surface area contributed by atoms with Gasteiger partial charge in [0.1, 0.15) is 0 Å². The first kappa shape index (κ1) is 18.6. The van der Waals surface area contributed by atoms with Crippen LogP contribution in [0.4, 0.5) is 5.69 Å². The van der Waals surface area contributed by atoms with Gasteiger partial charge in [0.2, 0.25) is 0 Å². The first-order valence-electron chi connectivity index (χ1n) is 5.95. The van der Waals surface area contributed by atoms with Crippen LogP contribution in [0.25, 0.3) is 0 Å². The van der Waals surface area contributed by atoms with Crippen molar-refractivity contribution >= 4 is 18.3 Å². The molecule has 0 spiro atoms. The Bertz CT molecular complexity index is 226. The number of rotatable bonds is 3. The number of nitrogens with two attached hydrogens (primary N) is 2. The van der Waals surface area contributed by atoms with Crippen LogP contribution in [-0.2, 0) is 0 Å². The molecule has 0 saturated heterocycles. The molecule has 17 heavy (non-hydrogen) atoms. The van der Waals surface area contributed by atoms with Crippen molar-refractivity contribution in [3.8, 4) is 0 Å². The smallest absolute Gasteiger partial charge is 0.0314 e. The molecular weight excluding hydrogens is 230 g/mol. The van der Waals surface area contributed by atoms with Gasteiger partial charge in [-0.15, -0.1) is 12.6 Å². The van der Waals surface area contributed by atoms with Crippen LogP contribution in [0.3, 0.4) is 0 Å². The summed E-state index contributed by atoms with van der Waals surface area (Å²) in [6.45, 7) is 5.91. The van der Waals surface area contributed by atoms with Gasteiger partial charge in [0, 0.05) is 10.6 Å². The highest BCUT2D eigenvalue weighted by Crippen LogP contribution is 2.07. The van der Waals surface area contributed by atoms with Gasteiger partial charge in [0.15, 0.2) is 0 Å². The summed E-state index contributed by atoms with van der Waals surface area (Å²) in [6.07, 6.45) is 1.10. The zero-order valence-corrected chi connectivity index (χ0v) is 12.4. The minimum atomic E-state index is 0.780. The standard InChI is InChI=1S/C6H7NS.C5H14N2.C2H6/c7-5-1-3-6(8)4-2-5;1-7(2)5-3-4-6;1-2/h1-4,8H,7H2;3-6H2,1-2H3;1-2H3. The minimum Gasteiger partial charge on any atom is -0.399 e. The average Bonchev–Trinajstić information content (AvgIpc) is 2.34. The summed E-state index contributed by atoms with van der Waals surface area (Å²) in [7, 11) is 4.10. The Kier molecular flexibility index (Phi) is 14.7. The monoisotopic (exact) mass is 257 g/mol. The Balaban J connectivity index is 0. The first-order chi connectivity index (χ1) is 8.06. The van der Waals surface area contributed by atoms with E-state index in [1.807, 2.05) is 38.1 Å². The van der Waals surface area contributed by atoms with Gasteiger partial charge in [-0.1, -0.05) is 13.8 Å². The largest absolute Gasteiger partial charge is 0.399 e. The lowest BCUT2D eigenvalue weighted by Gasteiger charge is -2.05. The Labute approximate surface area is 112 Å². The normalized spacial score (nSPS) is 8.88. The highest BCUT2D eigenvalue weighted by atomic mass is 32.1. The molecule has 0 bridgehead atoms. The lowest BCUT2D eigenvalue weighted by atomic mass is 10.3. The Hall–Kier alpha value is -0.710. The van der Waals surface area contributed by atoms with Crippen LogP contribution >= 0.6 is 12.6 Å². The molecule has 4 heteroatoms. The van der Waals surface area contributed by atoms with Gasteiger partial charge in [-0.3, -0.25) is 0 Å². The summed E-state index contributed by atoms with van der Waals surface area (Å²) in [4.78, 5) is 3.08. The number of nitrogen functional groups attached to an aromatic ring is 1. The maximum absolute atomic E-state index is 5.39. The van der Waals surface area contributed by atoms with Crippen molar-refractivity contribution in [2.45, 2.75) is 25.2 Å². The van der Waals surface area contributed by atoms with E-state index >= 15 is 0 Å². The average molecular weight is 257 g/mol. The third kappa shape index (κ3) is 15.3. The van der Waals surface area contributed by atoms with Crippen molar-refractivity contribution in [1.82, 2.24) is 4.90 Å². The van der Waals surface area contributed by atoms with E-state index in [-0.39, 0.29) is 0 Å². The van der Waals surface area contributed by atoms with Gasteiger partial charge in [-0.05, 0) is 57.9 Å². The van der Waals surface area contributed by atoms with Gasteiger partial charge in [0.25, 0.3) is 0 Å². The van der Waals surface area contributed by atoms with E-state index in [1.165, 1.54) is 0 Å².